The van der Waals surface area contributed by atoms with Crippen molar-refractivity contribution >= 4 is 22.6 Å². The molecule has 3 aromatic carbocycles. The summed E-state index contributed by atoms with van der Waals surface area (Å²) >= 11 is 6.01. The van der Waals surface area contributed by atoms with E-state index < -0.39 is 0 Å². The van der Waals surface area contributed by atoms with Crippen molar-refractivity contribution in [3.8, 4) is 16.9 Å². The van der Waals surface area contributed by atoms with Crippen LogP contribution in [0.1, 0.15) is 5.56 Å². The molecule has 0 aliphatic heterocycles. The van der Waals surface area contributed by atoms with Gasteiger partial charge < -0.3 is 9.72 Å². The number of fused-ring (bicyclic) bond motifs is 1. The number of imidazole rings is 1. The number of halogens is 1. The number of hydrogen-bond acceptors (Lipinski definition) is 2. The minimum absolute atomic E-state index is 0.489. The number of rotatable bonds is 4. The second-order valence-corrected chi connectivity index (χ2v) is 6.02. The molecule has 0 radical (unpaired) electrons. The van der Waals surface area contributed by atoms with E-state index >= 15 is 0 Å². The summed E-state index contributed by atoms with van der Waals surface area (Å²) in [5.74, 6) is 0.828. The maximum absolute atomic E-state index is 6.01. The molecular weight excluding hydrogens is 320 g/mol. The van der Waals surface area contributed by atoms with Crippen LogP contribution in [0, 0.1) is 0 Å². The molecular formula is C20H15ClN2O. The summed E-state index contributed by atoms with van der Waals surface area (Å²) in [7, 11) is 0. The van der Waals surface area contributed by atoms with Crippen molar-refractivity contribution in [2.24, 2.45) is 0 Å². The van der Waals surface area contributed by atoms with Crippen molar-refractivity contribution in [2.75, 3.05) is 0 Å². The first-order chi connectivity index (χ1) is 11.8. The third-order valence-corrected chi connectivity index (χ3v) is 4.12. The molecule has 0 amide bonds. The third kappa shape index (κ3) is 3.12. The Labute approximate surface area is 144 Å². The Hall–Kier alpha value is -2.78. The zero-order valence-electron chi connectivity index (χ0n) is 12.9. The fourth-order valence-electron chi connectivity index (χ4n) is 2.67. The lowest BCUT2D eigenvalue weighted by Gasteiger charge is -2.09. The predicted octanol–water partition coefficient (Wildman–Crippen LogP) is 5.46. The molecule has 0 fully saturated rings. The van der Waals surface area contributed by atoms with Gasteiger partial charge in [-0.3, -0.25) is 0 Å². The van der Waals surface area contributed by atoms with Crippen LogP contribution in [-0.4, -0.2) is 9.97 Å². The number of H-pyrrole nitrogens is 1. The Balaban J connectivity index is 1.56. The number of aromatic nitrogens is 2. The largest absolute Gasteiger partial charge is 0.489 e. The minimum atomic E-state index is 0.489. The van der Waals surface area contributed by atoms with Gasteiger partial charge in [-0.1, -0.05) is 41.9 Å². The number of benzene rings is 3. The molecule has 0 aliphatic carbocycles. The molecule has 0 atom stereocenters. The molecule has 0 bridgehead atoms. The summed E-state index contributed by atoms with van der Waals surface area (Å²) in [6.45, 7) is 0.489. The summed E-state index contributed by atoms with van der Waals surface area (Å²) in [5, 5.41) is 0.720. The quantitative estimate of drug-likeness (QED) is 0.538. The lowest BCUT2D eigenvalue weighted by atomic mass is 10.0. The van der Waals surface area contributed by atoms with Gasteiger partial charge in [0.2, 0.25) is 0 Å². The van der Waals surface area contributed by atoms with E-state index in [0.29, 0.717) is 6.61 Å². The average Bonchev–Trinajstić information content (AvgIpc) is 3.08. The van der Waals surface area contributed by atoms with Gasteiger partial charge >= 0.3 is 0 Å². The van der Waals surface area contributed by atoms with Crippen LogP contribution in [0.15, 0.2) is 73.1 Å². The van der Waals surface area contributed by atoms with Crippen LogP contribution in [0.4, 0.5) is 0 Å². The standard InChI is InChI=1S/C20H15ClN2O/c21-17-5-1-3-14(9-17)12-24-18-6-2-4-15(10-18)16-7-8-19-20(11-16)23-13-22-19/h1-11,13H,12H2,(H,22,23). The van der Waals surface area contributed by atoms with Crippen LogP contribution in [0.5, 0.6) is 5.75 Å². The molecule has 4 aromatic rings. The van der Waals surface area contributed by atoms with Gasteiger partial charge in [0.15, 0.2) is 0 Å². The van der Waals surface area contributed by atoms with E-state index in [4.69, 9.17) is 16.3 Å². The first-order valence-electron chi connectivity index (χ1n) is 7.69. The van der Waals surface area contributed by atoms with Gasteiger partial charge in [0, 0.05) is 5.02 Å². The Morgan fingerprint density at radius 1 is 0.917 bits per heavy atom. The van der Waals surface area contributed by atoms with E-state index in [2.05, 4.69) is 28.2 Å². The lowest BCUT2D eigenvalue weighted by molar-refractivity contribution is 0.306. The zero-order chi connectivity index (χ0) is 16.4. The molecule has 0 saturated carbocycles. The highest BCUT2D eigenvalue weighted by Crippen LogP contribution is 2.26. The monoisotopic (exact) mass is 334 g/mol. The van der Waals surface area contributed by atoms with Crippen molar-refractivity contribution in [1.29, 1.82) is 0 Å². The Morgan fingerprint density at radius 2 is 1.79 bits per heavy atom. The van der Waals surface area contributed by atoms with Gasteiger partial charge in [-0.25, -0.2) is 4.98 Å². The molecule has 1 heterocycles. The maximum atomic E-state index is 6.01. The molecule has 0 aliphatic rings. The number of nitrogens with one attached hydrogen (secondary N) is 1. The molecule has 4 rings (SSSR count). The van der Waals surface area contributed by atoms with Crippen molar-refractivity contribution in [2.45, 2.75) is 6.61 Å². The van der Waals surface area contributed by atoms with Crippen molar-refractivity contribution < 1.29 is 4.74 Å². The smallest absolute Gasteiger partial charge is 0.120 e. The number of hydrogen-bond donors (Lipinski definition) is 1. The van der Waals surface area contributed by atoms with Crippen LogP contribution >= 0.6 is 11.6 Å². The maximum Gasteiger partial charge on any atom is 0.120 e. The average molecular weight is 335 g/mol. The fraction of sp³-hybridized carbons (Fsp3) is 0.0500. The Bertz CT molecular complexity index is 994. The van der Waals surface area contributed by atoms with Gasteiger partial charge in [0.1, 0.15) is 12.4 Å². The first-order valence-corrected chi connectivity index (χ1v) is 8.06. The van der Waals surface area contributed by atoms with Crippen molar-refractivity contribution in [1.82, 2.24) is 9.97 Å². The molecule has 3 nitrogen and oxygen atoms in total. The normalized spacial score (nSPS) is 10.9. The second-order valence-electron chi connectivity index (χ2n) is 5.58. The Morgan fingerprint density at radius 3 is 2.71 bits per heavy atom. The lowest BCUT2D eigenvalue weighted by Crippen LogP contribution is -1.95. The highest BCUT2D eigenvalue weighted by atomic mass is 35.5. The topological polar surface area (TPSA) is 37.9 Å². The van der Waals surface area contributed by atoms with Gasteiger partial charge in [0.25, 0.3) is 0 Å². The second kappa shape index (κ2) is 6.38. The van der Waals surface area contributed by atoms with Crippen molar-refractivity contribution in [3.63, 3.8) is 0 Å². The van der Waals surface area contributed by atoms with Crippen LogP contribution < -0.4 is 4.74 Å². The van der Waals surface area contributed by atoms with E-state index in [1.165, 1.54) is 0 Å². The summed E-state index contributed by atoms with van der Waals surface area (Å²) in [6.07, 6.45) is 1.71. The molecule has 1 aromatic heterocycles. The predicted molar refractivity (Wildman–Crippen MR) is 97.3 cm³/mol. The summed E-state index contributed by atoms with van der Waals surface area (Å²) in [4.78, 5) is 7.42. The number of ether oxygens (including phenoxy) is 1. The van der Waals surface area contributed by atoms with E-state index in [1.807, 2.05) is 48.5 Å². The molecule has 0 spiro atoms. The highest BCUT2D eigenvalue weighted by molar-refractivity contribution is 6.30. The van der Waals surface area contributed by atoms with E-state index in [-0.39, 0.29) is 0 Å². The third-order valence-electron chi connectivity index (χ3n) is 3.88. The summed E-state index contributed by atoms with van der Waals surface area (Å²) in [6, 6.07) is 22.0. The van der Waals surface area contributed by atoms with Crippen LogP contribution in [0.25, 0.3) is 22.2 Å². The highest BCUT2D eigenvalue weighted by Gasteiger charge is 2.04. The minimum Gasteiger partial charge on any atom is -0.489 e. The SMILES string of the molecule is Clc1cccc(COc2cccc(-c3ccc4[nH]cnc4c3)c2)c1. The van der Waals surface area contributed by atoms with E-state index in [1.54, 1.807) is 6.33 Å². The zero-order valence-corrected chi connectivity index (χ0v) is 13.6. The molecule has 1 N–H and O–H groups in total. The van der Waals surface area contributed by atoms with E-state index in [9.17, 15) is 0 Å². The molecule has 4 heteroatoms. The van der Waals surface area contributed by atoms with Gasteiger partial charge in [-0.05, 0) is 53.1 Å². The summed E-state index contributed by atoms with van der Waals surface area (Å²) in [5.41, 5.74) is 5.25. The number of aromatic amines is 1. The molecule has 118 valence electrons. The molecule has 24 heavy (non-hydrogen) atoms. The van der Waals surface area contributed by atoms with Gasteiger partial charge in [-0.15, -0.1) is 0 Å². The van der Waals surface area contributed by atoms with Gasteiger partial charge in [-0.2, -0.15) is 0 Å². The van der Waals surface area contributed by atoms with Crippen LogP contribution in [0.3, 0.4) is 0 Å². The van der Waals surface area contributed by atoms with Crippen LogP contribution in [-0.2, 0) is 6.61 Å². The number of nitrogens with zero attached hydrogens (tertiary/aromatic N) is 1. The van der Waals surface area contributed by atoms with Crippen molar-refractivity contribution in [3.05, 3.63) is 83.6 Å². The van der Waals surface area contributed by atoms with Crippen LogP contribution in [0.2, 0.25) is 5.02 Å². The summed E-state index contributed by atoms with van der Waals surface area (Å²) < 4.78 is 5.90. The first kappa shape index (κ1) is 14.8. The van der Waals surface area contributed by atoms with Gasteiger partial charge in [0.05, 0.1) is 17.4 Å². The molecule has 0 unspecified atom stereocenters. The fourth-order valence-corrected chi connectivity index (χ4v) is 2.88. The molecule has 0 saturated heterocycles. The Kier molecular flexibility index (Phi) is 3.93. The van der Waals surface area contributed by atoms with E-state index in [0.717, 1.165) is 38.5 Å².